The van der Waals surface area contributed by atoms with Crippen molar-refractivity contribution in [2.75, 3.05) is 27.9 Å². The van der Waals surface area contributed by atoms with E-state index in [1.165, 1.54) is 16.9 Å². The number of aromatic nitrogens is 1. The van der Waals surface area contributed by atoms with Crippen LogP contribution in [-0.4, -0.2) is 38.4 Å². The predicted octanol–water partition coefficient (Wildman–Crippen LogP) is 3.34. The van der Waals surface area contributed by atoms with E-state index in [4.69, 9.17) is 14.2 Å². The molecule has 1 aromatic heterocycles. The van der Waals surface area contributed by atoms with Gasteiger partial charge >= 0.3 is 0 Å². The number of hydrogen-bond acceptors (Lipinski definition) is 5. The third-order valence-electron chi connectivity index (χ3n) is 4.38. The van der Waals surface area contributed by atoms with Crippen LogP contribution in [0.25, 0.3) is 10.2 Å². The number of nitrogens with zero attached hydrogens (tertiary/aromatic N) is 2. The summed E-state index contributed by atoms with van der Waals surface area (Å²) in [6.45, 7) is 3.25. The Hall–Kier alpha value is -2.64. The van der Waals surface area contributed by atoms with Crippen LogP contribution < -0.4 is 14.3 Å². The molecule has 0 unspecified atom stereocenters. The molecule has 6 nitrogen and oxygen atoms in total. The van der Waals surface area contributed by atoms with Crippen molar-refractivity contribution in [3.63, 3.8) is 0 Å². The molecule has 0 fully saturated rings. The molecule has 1 heterocycles. The summed E-state index contributed by atoms with van der Waals surface area (Å²) in [7, 11) is 4.82. The average Bonchev–Trinajstić information content (AvgIpc) is 3.01. The molecule has 3 rings (SSSR count). The van der Waals surface area contributed by atoms with E-state index < -0.39 is 0 Å². The topological polar surface area (TPSA) is 62.1 Å². The van der Waals surface area contributed by atoms with Crippen LogP contribution in [0.4, 0.5) is 0 Å². The van der Waals surface area contributed by atoms with E-state index in [1.807, 2.05) is 10.6 Å². The van der Waals surface area contributed by atoms with E-state index in [0.717, 1.165) is 15.8 Å². The number of benzene rings is 2. The third kappa shape index (κ3) is 4.43. The first-order valence-corrected chi connectivity index (χ1v) is 9.74. The molecule has 3 aromatic rings. The van der Waals surface area contributed by atoms with E-state index in [1.54, 1.807) is 33.5 Å². The molecule has 0 aliphatic rings. The Balaban J connectivity index is 1.93. The van der Waals surface area contributed by atoms with E-state index >= 15 is 0 Å². The number of carbonyl (C=O) groups excluding carboxylic acids is 1. The highest BCUT2D eigenvalue weighted by atomic mass is 32.1. The number of hydrogen-bond donors (Lipinski definition) is 0. The van der Waals surface area contributed by atoms with Crippen molar-refractivity contribution in [2.24, 2.45) is 4.99 Å². The van der Waals surface area contributed by atoms with Gasteiger partial charge in [-0.25, -0.2) is 0 Å². The van der Waals surface area contributed by atoms with Gasteiger partial charge in [-0.1, -0.05) is 23.5 Å². The highest BCUT2D eigenvalue weighted by Crippen LogP contribution is 2.27. The van der Waals surface area contributed by atoms with Crippen LogP contribution in [0.3, 0.4) is 0 Å². The zero-order valence-electron chi connectivity index (χ0n) is 16.5. The first-order valence-electron chi connectivity index (χ1n) is 8.93. The van der Waals surface area contributed by atoms with Crippen molar-refractivity contribution in [3.05, 3.63) is 52.3 Å². The number of methoxy groups -OCH3 is 3. The highest BCUT2D eigenvalue weighted by Gasteiger charge is 2.11. The standard InChI is InChI=1S/C21H24N2O4S/c1-14-5-7-16-19(11-14)28-21(23(16)9-10-25-2)22-20(24)13-15-6-8-17(26-3)18(12-15)27-4/h5-8,11-12H,9-10,13H2,1-4H3. The van der Waals surface area contributed by atoms with Crippen LogP contribution in [0.1, 0.15) is 11.1 Å². The van der Waals surface area contributed by atoms with Crippen molar-refractivity contribution in [3.8, 4) is 11.5 Å². The summed E-state index contributed by atoms with van der Waals surface area (Å²) in [4.78, 5) is 17.7. The lowest BCUT2D eigenvalue weighted by Gasteiger charge is -2.08. The first kappa shape index (κ1) is 20.1. The quantitative estimate of drug-likeness (QED) is 0.610. The summed E-state index contributed by atoms with van der Waals surface area (Å²) >= 11 is 1.52. The van der Waals surface area contributed by atoms with Gasteiger partial charge in [0.05, 0.1) is 37.5 Å². The molecule has 0 saturated heterocycles. The summed E-state index contributed by atoms with van der Waals surface area (Å²) in [6.07, 6.45) is 0.192. The summed E-state index contributed by atoms with van der Waals surface area (Å²) in [6, 6.07) is 11.7. The van der Waals surface area contributed by atoms with Gasteiger partial charge in [-0.15, -0.1) is 0 Å². The average molecular weight is 401 g/mol. The lowest BCUT2D eigenvalue weighted by Crippen LogP contribution is -2.19. The second-order valence-electron chi connectivity index (χ2n) is 6.37. The van der Waals surface area contributed by atoms with Gasteiger partial charge in [0.15, 0.2) is 16.3 Å². The third-order valence-corrected chi connectivity index (χ3v) is 5.42. The molecule has 28 heavy (non-hydrogen) atoms. The molecule has 0 saturated carbocycles. The summed E-state index contributed by atoms with van der Waals surface area (Å²) in [5.41, 5.74) is 3.06. The summed E-state index contributed by atoms with van der Waals surface area (Å²) in [5, 5.41) is 0. The fourth-order valence-electron chi connectivity index (χ4n) is 2.98. The Kier molecular flexibility index (Phi) is 6.49. The van der Waals surface area contributed by atoms with Crippen molar-refractivity contribution in [1.82, 2.24) is 4.57 Å². The molecule has 0 N–H and O–H groups in total. The van der Waals surface area contributed by atoms with Crippen molar-refractivity contribution >= 4 is 27.5 Å². The SMILES string of the molecule is COCCn1c(=NC(=O)Cc2ccc(OC)c(OC)c2)sc2cc(C)ccc21. The zero-order valence-corrected chi connectivity index (χ0v) is 17.3. The number of carbonyl (C=O) groups is 1. The smallest absolute Gasteiger partial charge is 0.252 e. The molecule has 0 atom stereocenters. The minimum absolute atomic E-state index is 0.192. The number of thiazole rings is 1. The fraction of sp³-hybridized carbons (Fsp3) is 0.333. The van der Waals surface area contributed by atoms with Gasteiger partial charge < -0.3 is 18.8 Å². The van der Waals surface area contributed by atoms with Gasteiger partial charge in [-0.2, -0.15) is 4.99 Å². The van der Waals surface area contributed by atoms with Crippen LogP contribution >= 0.6 is 11.3 Å². The van der Waals surface area contributed by atoms with Gasteiger partial charge in [0.1, 0.15) is 0 Å². The van der Waals surface area contributed by atoms with Crippen molar-refractivity contribution in [2.45, 2.75) is 19.9 Å². The van der Waals surface area contributed by atoms with Crippen molar-refractivity contribution < 1.29 is 19.0 Å². The van der Waals surface area contributed by atoms with Gasteiger partial charge in [-0.3, -0.25) is 4.79 Å². The van der Waals surface area contributed by atoms with Crippen molar-refractivity contribution in [1.29, 1.82) is 0 Å². The number of ether oxygens (including phenoxy) is 3. The Labute approximate surface area is 168 Å². The van der Waals surface area contributed by atoms with Crippen LogP contribution in [-0.2, 0) is 22.5 Å². The first-order chi connectivity index (χ1) is 13.5. The molecule has 148 valence electrons. The van der Waals surface area contributed by atoms with Gasteiger partial charge in [0, 0.05) is 13.7 Å². The van der Waals surface area contributed by atoms with Gasteiger partial charge in [0.25, 0.3) is 5.91 Å². The van der Waals surface area contributed by atoms with Gasteiger partial charge in [0.2, 0.25) is 0 Å². The Morgan fingerprint density at radius 1 is 1.07 bits per heavy atom. The molecule has 2 aromatic carbocycles. The number of aryl methyl sites for hydroxylation is 1. The maximum Gasteiger partial charge on any atom is 0.252 e. The number of fused-ring (bicyclic) bond motifs is 1. The van der Waals surface area contributed by atoms with Crippen LogP contribution in [0.15, 0.2) is 41.4 Å². The monoisotopic (exact) mass is 400 g/mol. The normalized spacial score (nSPS) is 11.8. The molecule has 0 spiro atoms. The molecular weight excluding hydrogens is 376 g/mol. The van der Waals surface area contributed by atoms with E-state index in [2.05, 4.69) is 30.1 Å². The predicted molar refractivity (Wildman–Crippen MR) is 110 cm³/mol. The van der Waals surface area contributed by atoms with Crippen LogP contribution in [0, 0.1) is 6.92 Å². The molecule has 0 radical (unpaired) electrons. The fourth-order valence-corrected chi connectivity index (χ4v) is 4.15. The van der Waals surface area contributed by atoms with E-state index in [9.17, 15) is 4.79 Å². The minimum atomic E-state index is -0.207. The number of rotatable bonds is 7. The molecule has 7 heteroatoms. The summed E-state index contributed by atoms with van der Waals surface area (Å²) in [5.74, 6) is 1.02. The van der Waals surface area contributed by atoms with Gasteiger partial charge in [-0.05, 0) is 42.3 Å². The second kappa shape index (κ2) is 9.03. The Morgan fingerprint density at radius 2 is 1.86 bits per heavy atom. The maximum atomic E-state index is 12.6. The summed E-state index contributed by atoms with van der Waals surface area (Å²) < 4.78 is 18.9. The van der Waals surface area contributed by atoms with Crippen LogP contribution in [0.5, 0.6) is 11.5 Å². The molecule has 0 aliphatic heterocycles. The Bertz CT molecular complexity index is 1050. The lowest BCUT2D eigenvalue weighted by atomic mass is 10.1. The van der Waals surface area contributed by atoms with E-state index in [0.29, 0.717) is 29.5 Å². The maximum absolute atomic E-state index is 12.6. The zero-order chi connectivity index (χ0) is 20.1. The van der Waals surface area contributed by atoms with Crippen LogP contribution in [0.2, 0.25) is 0 Å². The Morgan fingerprint density at radius 3 is 2.57 bits per heavy atom. The molecule has 1 amide bonds. The lowest BCUT2D eigenvalue weighted by molar-refractivity contribution is -0.117. The minimum Gasteiger partial charge on any atom is -0.493 e. The highest BCUT2D eigenvalue weighted by molar-refractivity contribution is 7.16. The second-order valence-corrected chi connectivity index (χ2v) is 7.38. The largest absolute Gasteiger partial charge is 0.493 e. The molecular formula is C21H24N2O4S. The number of amides is 1. The molecule has 0 bridgehead atoms. The van der Waals surface area contributed by atoms with E-state index in [-0.39, 0.29) is 12.3 Å². The molecule has 0 aliphatic carbocycles.